The molecule has 10 atom stereocenters. The Morgan fingerprint density at radius 1 is 0.864 bits per heavy atom. The van der Waals surface area contributed by atoms with Crippen LogP contribution in [-0.4, -0.2) is 93.2 Å². The summed E-state index contributed by atoms with van der Waals surface area (Å²) in [6.07, 6.45) is -10.1. The summed E-state index contributed by atoms with van der Waals surface area (Å²) in [5.41, 5.74) is 16.9. The summed E-state index contributed by atoms with van der Waals surface area (Å²) >= 11 is 0. The van der Waals surface area contributed by atoms with Crippen molar-refractivity contribution in [3.8, 4) is 0 Å². The fourth-order valence-electron chi connectivity index (χ4n) is 2.85. The lowest BCUT2D eigenvalue weighted by atomic mass is 9.84. The lowest BCUT2D eigenvalue weighted by molar-refractivity contribution is -0.318. The van der Waals surface area contributed by atoms with Crippen molar-refractivity contribution in [2.45, 2.75) is 67.5 Å². The highest BCUT2D eigenvalue weighted by Crippen LogP contribution is 2.27. The number of rotatable bonds is 3. The third-order valence-corrected chi connectivity index (χ3v) is 4.28. The van der Waals surface area contributed by atoms with Crippen LogP contribution >= 0.6 is 0 Å². The Morgan fingerprint density at radius 2 is 1.50 bits per heavy atom. The van der Waals surface area contributed by atoms with Gasteiger partial charge in [0.1, 0.15) is 36.6 Å². The van der Waals surface area contributed by atoms with Crippen molar-refractivity contribution in [1.29, 1.82) is 0 Å². The number of hydrogen-bond acceptors (Lipinski definition) is 10. The third kappa shape index (κ3) is 3.26. The van der Waals surface area contributed by atoms with E-state index in [1.54, 1.807) is 0 Å². The van der Waals surface area contributed by atoms with E-state index in [9.17, 15) is 25.5 Å². The molecule has 2 rings (SSSR count). The maximum absolute atomic E-state index is 10.0. The van der Waals surface area contributed by atoms with Crippen LogP contribution in [0.5, 0.6) is 0 Å². The van der Waals surface area contributed by atoms with E-state index in [0.29, 0.717) is 0 Å². The first-order chi connectivity index (χ1) is 10.3. The Kier molecular flexibility index (Phi) is 5.72. The predicted molar refractivity (Wildman–Crippen MR) is 73.2 cm³/mol. The SMILES string of the molecule is NC[C@H]1O[C@H](O[C@@H]2[C@@H](O)[C@H](O)[C@@H](N)C[C@H]2N)[C@H](O)[C@@H](O)[C@@H]1O. The molecular weight excluding hydrogens is 298 g/mol. The van der Waals surface area contributed by atoms with Gasteiger partial charge in [0.15, 0.2) is 6.29 Å². The molecule has 22 heavy (non-hydrogen) atoms. The van der Waals surface area contributed by atoms with E-state index in [-0.39, 0.29) is 13.0 Å². The maximum atomic E-state index is 10.0. The average Bonchev–Trinajstić information content (AvgIpc) is 2.49. The Hall–Kier alpha value is -0.400. The molecule has 2 fully saturated rings. The summed E-state index contributed by atoms with van der Waals surface area (Å²) in [4.78, 5) is 0. The molecule has 2 aliphatic rings. The Labute approximate surface area is 127 Å². The molecule has 0 amide bonds. The van der Waals surface area contributed by atoms with Gasteiger partial charge in [0.05, 0.1) is 6.10 Å². The molecule has 0 bridgehead atoms. The van der Waals surface area contributed by atoms with E-state index in [1.807, 2.05) is 0 Å². The largest absolute Gasteiger partial charge is 0.389 e. The van der Waals surface area contributed by atoms with Crippen LogP contribution < -0.4 is 17.2 Å². The highest BCUT2D eigenvalue weighted by molar-refractivity contribution is 4.99. The summed E-state index contributed by atoms with van der Waals surface area (Å²) in [5.74, 6) is 0. The summed E-state index contributed by atoms with van der Waals surface area (Å²) in [5, 5.41) is 49.3. The molecule has 0 radical (unpaired) electrons. The first kappa shape index (κ1) is 17.9. The molecule has 0 aromatic rings. The molecule has 0 unspecified atom stereocenters. The molecule has 130 valence electrons. The minimum atomic E-state index is -1.55. The standard InChI is InChI=1S/C12H25N3O7/c13-2-5-7(17)8(18)10(20)12(21-5)22-11-4(15)1-3(14)6(16)9(11)19/h3-12,16-20H,1-2,13-15H2/t3-,4+,5+,6+,7+,8-,9-,10+,11-,12+/m0/s1. The Morgan fingerprint density at radius 3 is 2.09 bits per heavy atom. The van der Waals surface area contributed by atoms with Crippen LogP contribution in [0.1, 0.15) is 6.42 Å². The molecule has 0 spiro atoms. The third-order valence-electron chi connectivity index (χ3n) is 4.28. The van der Waals surface area contributed by atoms with Gasteiger partial charge in [-0.2, -0.15) is 0 Å². The Balaban J connectivity index is 2.08. The van der Waals surface area contributed by atoms with Crippen LogP contribution in [0.15, 0.2) is 0 Å². The highest BCUT2D eigenvalue weighted by Gasteiger charge is 2.48. The summed E-state index contributed by atoms with van der Waals surface area (Å²) in [7, 11) is 0. The van der Waals surface area contributed by atoms with Crippen LogP contribution in [0.25, 0.3) is 0 Å². The van der Waals surface area contributed by atoms with E-state index in [1.165, 1.54) is 0 Å². The molecule has 1 heterocycles. The lowest BCUT2D eigenvalue weighted by Crippen LogP contribution is -2.65. The van der Waals surface area contributed by atoms with Crippen molar-refractivity contribution >= 4 is 0 Å². The average molecular weight is 323 g/mol. The number of aliphatic hydroxyl groups excluding tert-OH is 5. The van der Waals surface area contributed by atoms with Crippen LogP contribution in [0.2, 0.25) is 0 Å². The second kappa shape index (κ2) is 7.01. The zero-order valence-electron chi connectivity index (χ0n) is 12.0. The Bertz CT molecular complexity index is 375. The molecule has 10 nitrogen and oxygen atoms in total. The molecule has 0 aromatic heterocycles. The van der Waals surface area contributed by atoms with Gasteiger partial charge in [-0.15, -0.1) is 0 Å². The first-order valence-corrected chi connectivity index (χ1v) is 7.20. The van der Waals surface area contributed by atoms with Gasteiger partial charge < -0.3 is 52.2 Å². The van der Waals surface area contributed by atoms with E-state index in [4.69, 9.17) is 26.7 Å². The maximum Gasteiger partial charge on any atom is 0.187 e. The minimum Gasteiger partial charge on any atom is -0.389 e. The molecule has 1 saturated carbocycles. The number of aliphatic hydroxyl groups is 5. The second-order valence-electron chi connectivity index (χ2n) is 5.90. The highest BCUT2D eigenvalue weighted by atomic mass is 16.7. The van der Waals surface area contributed by atoms with Gasteiger partial charge in [0.25, 0.3) is 0 Å². The molecule has 1 aliphatic carbocycles. The van der Waals surface area contributed by atoms with Crippen LogP contribution in [0.4, 0.5) is 0 Å². The smallest absolute Gasteiger partial charge is 0.187 e. The first-order valence-electron chi connectivity index (χ1n) is 7.20. The number of ether oxygens (including phenoxy) is 2. The van der Waals surface area contributed by atoms with Crippen molar-refractivity contribution < 1.29 is 35.0 Å². The van der Waals surface area contributed by atoms with E-state index in [2.05, 4.69) is 0 Å². The summed E-state index contributed by atoms with van der Waals surface area (Å²) in [6.45, 7) is -0.0996. The van der Waals surface area contributed by atoms with Gasteiger partial charge in [0, 0.05) is 18.6 Å². The summed E-state index contributed by atoms with van der Waals surface area (Å²) < 4.78 is 10.8. The number of nitrogens with two attached hydrogens (primary N) is 3. The van der Waals surface area contributed by atoms with Gasteiger partial charge in [-0.1, -0.05) is 0 Å². The van der Waals surface area contributed by atoms with E-state index in [0.717, 1.165) is 0 Å². The molecule has 1 saturated heterocycles. The van der Waals surface area contributed by atoms with Crippen molar-refractivity contribution in [2.24, 2.45) is 17.2 Å². The van der Waals surface area contributed by atoms with Gasteiger partial charge in [0.2, 0.25) is 0 Å². The molecule has 0 aromatic carbocycles. The fourth-order valence-corrected chi connectivity index (χ4v) is 2.85. The second-order valence-corrected chi connectivity index (χ2v) is 5.90. The van der Waals surface area contributed by atoms with E-state index < -0.39 is 61.1 Å². The van der Waals surface area contributed by atoms with Crippen molar-refractivity contribution in [1.82, 2.24) is 0 Å². The zero-order valence-corrected chi connectivity index (χ0v) is 12.0. The van der Waals surface area contributed by atoms with Crippen molar-refractivity contribution in [3.05, 3.63) is 0 Å². The summed E-state index contributed by atoms with van der Waals surface area (Å²) in [6, 6.07) is -1.38. The van der Waals surface area contributed by atoms with Crippen molar-refractivity contribution in [2.75, 3.05) is 6.54 Å². The fraction of sp³-hybridized carbons (Fsp3) is 1.00. The topological polar surface area (TPSA) is 198 Å². The molecule has 11 N–H and O–H groups in total. The zero-order chi connectivity index (χ0) is 16.6. The molecule has 1 aliphatic heterocycles. The van der Waals surface area contributed by atoms with Gasteiger partial charge in [-0.05, 0) is 6.42 Å². The van der Waals surface area contributed by atoms with Gasteiger partial charge >= 0.3 is 0 Å². The van der Waals surface area contributed by atoms with Crippen LogP contribution in [0.3, 0.4) is 0 Å². The van der Waals surface area contributed by atoms with Gasteiger partial charge in [-0.25, -0.2) is 0 Å². The normalized spacial score (nSPS) is 53.5. The van der Waals surface area contributed by atoms with E-state index >= 15 is 0 Å². The lowest BCUT2D eigenvalue weighted by Gasteiger charge is -2.45. The molecule has 10 heteroatoms. The monoisotopic (exact) mass is 323 g/mol. The van der Waals surface area contributed by atoms with Crippen LogP contribution in [-0.2, 0) is 9.47 Å². The quantitative estimate of drug-likeness (QED) is 0.248. The van der Waals surface area contributed by atoms with Crippen LogP contribution in [0, 0.1) is 0 Å². The van der Waals surface area contributed by atoms with Crippen molar-refractivity contribution in [3.63, 3.8) is 0 Å². The molecular formula is C12H25N3O7. The predicted octanol–water partition coefficient (Wildman–Crippen LogP) is -5.08. The minimum absolute atomic E-state index is 0.0996. The van der Waals surface area contributed by atoms with Gasteiger partial charge in [-0.3, -0.25) is 0 Å². The number of hydrogen-bond donors (Lipinski definition) is 8.